The second kappa shape index (κ2) is 5.17. The Morgan fingerprint density at radius 3 is 2.81 bits per heavy atom. The van der Waals surface area contributed by atoms with Crippen LogP contribution in [-0.4, -0.2) is 4.98 Å². The van der Waals surface area contributed by atoms with Crippen LogP contribution in [0.2, 0.25) is 4.34 Å². The summed E-state index contributed by atoms with van der Waals surface area (Å²) in [6.45, 7) is 2.05. The first kappa shape index (κ1) is 11.9. The zero-order valence-corrected chi connectivity index (χ0v) is 11.1. The average Bonchev–Trinajstić information content (AvgIpc) is 2.68. The van der Waals surface area contributed by atoms with Crippen LogP contribution in [0.25, 0.3) is 0 Å². The van der Waals surface area contributed by atoms with E-state index in [9.17, 15) is 0 Å². The molecule has 0 N–H and O–H groups in total. The molecule has 1 atom stereocenters. The van der Waals surface area contributed by atoms with Crippen LogP contribution < -0.4 is 0 Å². The summed E-state index contributed by atoms with van der Waals surface area (Å²) >= 11 is 13.7. The molecule has 4 heteroatoms. The molecule has 0 aliphatic rings. The van der Waals surface area contributed by atoms with Crippen LogP contribution >= 0.6 is 34.5 Å². The maximum Gasteiger partial charge on any atom is 0.0931 e. The number of hydrogen-bond acceptors (Lipinski definition) is 2. The number of halogens is 2. The van der Waals surface area contributed by atoms with Crippen molar-refractivity contribution in [2.45, 2.75) is 18.7 Å². The Hall–Kier alpha value is -0.570. The summed E-state index contributed by atoms with van der Waals surface area (Å²) in [4.78, 5) is 5.43. The molecule has 2 aromatic rings. The molecule has 0 saturated carbocycles. The van der Waals surface area contributed by atoms with E-state index >= 15 is 0 Å². The van der Waals surface area contributed by atoms with E-state index in [2.05, 4.69) is 4.98 Å². The maximum atomic E-state index is 6.34. The molecule has 0 aliphatic heterocycles. The SMILES string of the molecule is Cc1cccnc1CC(Cl)c1ccc(Cl)s1. The fourth-order valence-electron chi connectivity index (χ4n) is 1.50. The van der Waals surface area contributed by atoms with E-state index in [1.807, 2.05) is 31.2 Å². The van der Waals surface area contributed by atoms with Crippen molar-refractivity contribution in [2.24, 2.45) is 0 Å². The number of nitrogens with zero attached hydrogens (tertiary/aromatic N) is 1. The van der Waals surface area contributed by atoms with Crippen molar-refractivity contribution in [2.75, 3.05) is 0 Å². The lowest BCUT2D eigenvalue weighted by Gasteiger charge is -2.08. The minimum Gasteiger partial charge on any atom is -0.261 e. The summed E-state index contributed by atoms with van der Waals surface area (Å²) in [5.74, 6) is 0. The molecule has 0 aliphatic carbocycles. The number of hydrogen-bond donors (Lipinski definition) is 0. The second-order valence-electron chi connectivity index (χ2n) is 3.58. The molecule has 16 heavy (non-hydrogen) atoms. The van der Waals surface area contributed by atoms with Crippen molar-refractivity contribution >= 4 is 34.5 Å². The Morgan fingerprint density at radius 2 is 2.19 bits per heavy atom. The molecule has 2 aromatic heterocycles. The Morgan fingerprint density at radius 1 is 1.38 bits per heavy atom. The van der Waals surface area contributed by atoms with Crippen molar-refractivity contribution in [1.29, 1.82) is 0 Å². The van der Waals surface area contributed by atoms with E-state index in [0.29, 0.717) is 0 Å². The van der Waals surface area contributed by atoms with E-state index in [0.717, 1.165) is 21.3 Å². The molecule has 1 nitrogen and oxygen atoms in total. The van der Waals surface area contributed by atoms with Gasteiger partial charge < -0.3 is 0 Å². The lowest BCUT2D eigenvalue weighted by Crippen LogP contribution is -1.98. The minimum atomic E-state index is -0.0499. The molecule has 0 saturated heterocycles. The minimum absolute atomic E-state index is 0.0499. The van der Waals surface area contributed by atoms with Gasteiger partial charge in [-0.2, -0.15) is 0 Å². The van der Waals surface area contributed by atoms with Crippen LogP contribution in [0.1, 0.15) is 21.5 Å². The van der Waals surface area contributed by atoms with Crippen molar-refractivity contribution in [3.63, 3.8) is 0 Å². The molecule has 2 heterocycles. The Balaban J connectivity index is 2.13. The van der Waals surface area contributed by atoms with Gasteiger partial charge in [0.1, 0.15) is 0 Å². The van der Waals surface area contributed by atoms with Gasteiger partial charge in [0.2, 0.25) is 0 Å². The Bertz CT molecular complexity index is 481. The number of pyridine rings is 1. The number of aryl methyl sites for hydroxylation is 1. The van der Waals surface area contributed by atoms with E-state index in [1.165, 1.54) is 16.9 Å². The molecule has 1 unspecified atom stereocenters. The first-order chi connectivity index (χ1) is 7.66. The lowest BCUT2D eigenvalue weighted by molar-refractivity contribution is 0.884. The Kier molecular flexibility index (Phi) is 3.85. The third kappa shape index (κ3) is 2.76. The molecular formula is C12H11Cl2NS. The number of aromatic nitrogens is 1. The summed E-state index contributed by atoms with van der Waals surface area (Å²) in [6.07, 6.45) is 2.54. The third-order valence-electron chi connectivity index (χ3n) is 2.39. The molecule has 0 bridgehead atoms. The van der Waals surface area contributed by atoms with Gasteiger partial charge in [0.25, 0.3) is 0 Å². The zero-order valence-electron chi connectivity index (χ0n) is 8.78. The van der Waals surface area contributed by atoms with Gasteiger partial charge in [-0.15, -0.1) is 22.9 Å². The summed E-state index contributed by atoms with van der Waals surface area (Å²) in [7, 11) is 0. The number of thiophene rings is 1. The van der Waals surface area contributed by atoms with Crippen LogP contribution in [0.3, 0.4) is 0 Å². The first-order valence-corrected chi connectivity index (χ1v) is 6.59. The second-order valence-corrected chi connectivity index (χ2v) is 5.85. The van der Waals surface area contributed by atoms with E-state index < -0.39 is 0 Å². The van der Waals surface area contributed by atoms with E-state index in [4.69, 9.17) is 23.2 Å². The number of alkyl halides is 1. The van der Waals surface area contributed by atoms with Crippen LogP contribution in [0.5, 0.6) is 0 Å². The molecule has 0 radical (unpaired) electrons. The normalized spacial score (nSPS) is 12.7. The monoisotopic (exact) mass is 271 g/mol. The first-order valence-electron chi connectivity index (χ1n) is 4.96. The van der Waals surface area contributed by atoms with E-state index in [-0.39, 0.29) is 5.38 Å². The summed E-state index contributed by atoms with van der Waals surface area (Å²) in [5, 5.41) is -0.0499. The van der Waals surface area contributed by atoms with Crippen LogP contribution in [0.15, 0.2) is 30.5 Å². The fourth-order valence-corrected chi connectivity index (χ4v) is 2.89. The van der Waals surface area contributed by atoms with Crippen molar-refractivity contribution in [1.82, 2.24) is 4.98 Å². The largest absolute Gasteiger partial charge is 0.261 e. The molecule has 0 fully saturated rings. The van der Waals surface area contributed by atoms with Crippen LogP contribution in [0, 0.1) is 6.92 Å². The topological polar surface area (TPSA) is 12.9 Å². The van der Waals surface area contributed by atoms with Crippen molar-refractivity contribution in [3.8, 4) is 0 Å². The lowest BCUT2D eigenvalue weighted by atomic mass is 10.1. The molecule has 0 aromatic carbocycles. The smallest absolute Gasteiger partial charge is 0.0931 e. The molecule has 84 valence electrons. The molecular weight excluding hydrogens is 261 g/mol. The van der Waals surface area contributed by atoms with Gasteiger partial charge in [0.15, 0.2) is 0 Å². The van der Waals surface area contributed by atoms with Gasteiger partial charge in [-0.05, 0) is 30.7 Å². The maximum absolute atomic E-state index is 6.34. The highest BCUT2D eigenvalue weighted by atomic mass is 35.5. The summed E-state index contributed by atoms with van der Waals surface area (Å²) in [6, 6.07) is 7.84. The average molecular weight is 272 g/mol. The van der Waals surface area contributed by atoms with Crippen molar-refractivity contribution in [3.05, 3.63) is 50.9 Å². The zero-order chi connectivity index (χ0) is 11.5. The van der Waals surface area contributed by atoms with Crippen molar-refractivity contribution < 1.29 is 0 Å². The molecule has 0 amide bonds. The standard InChI is InChI=1S/C12H11Cl2NS/c1-8-3-2-6-15-10(8)7-9(13)11-4-5-12(14)16-11/h2-6,9H,7H2,1H3. The summed E-state index contributed by atoms with van der Waals surface area (Å²) in [5.41, 5.74) is 2.22. The fraction of sp³-hybridized carbons (Fsp3) is 0.250. The predicted molar refractivity (Wildman–Crippen MR) is 70.6 cm³/mol. The van der Waals surface area contributed by atoms with Gasteiger partial charge in [-0.3, -0.25) is 4.98 Å². The third-order valence-corrected chi connectivity index (χ3v) is 4.26. The predicted octanol–water partition coefficient (Wildman–Crippen LogP) is 4.63. The molecule has 2 rings (SSSR count). The van der Waals surface area contributed by atoms with Gasteiger partial charge in [-0.1, -0.05) is 17.7 Å². The highest BCUT2D eigenvalue weighted by molar-refractivity contribution is 7.16. The van der Waals surface area contributed by atoms with Gasteiger partial charge >= 0.3 is 0 Å². The molecule has 0 spiro atoms. The number of rotatable bonds is 3. The highest BCUT2D eigenvalue weighted by Crippen LogP contribution is 2.33. The summed E-state index contributed by atoms with van der Waals surface area (Å²) < 4.78 is 0.776. The van der Waals surface area contributed by atoms with Crippen LogP contribution in [0.4, 0.5) is 0 Å². The van der Waals surface area contributed by atoms with Gasteiger partial charge in [-0.25, -0.2) is 0 Å². The van der Waals surface area contributed by atoms with Gasteiger partial charge in [0.05, 0.1) is 9.71 Å². The quantitative estimate of drug-likeness (QED) is 0.742. The highest BCUT2D eigenvalue weighted by Gasteiger charge is 2.13. The Labute approximate surface area is 109 Å². The van der Waals surface area contributed by atoms with E-state index in [1.54, 1.807) is 6.20 Å². The van der Waals surface area contributed by atoms with Gasteiger partial charge in [0, 0.05) is 23.2 Å². The van der Waals surface area contributed by atoms with Crippen LogP contribution in [-0.2, 0) is 6.42 Å².